The van der Waals surface area contributed by atoms with Crippen molar-refractivity contribution in [3.05, 3.63) is 0 Å². The van der Waals surface area contributed by atoms with Crippen LogP contribution in [0.15, 0.2) is 4.99 Å². The Morgan fingerprint density at radius 1 is 1.06 bits per heavy atom. The van der Waals surface area contributed by atoms with Crippen LogP contribution in [0, 0.1) is 0 Å². The Labute approximate surface area is 193 Å². The molecule has 12 heteroatoms. The fourth-order valence-corrected chi connectivity index (χ4v) is 4.79. The van der Waals surface area contributed by atoms with E-state index in [-0.39, 0.29) is 36.1 Å². The van der Waals surface area contributed by atoms with Crippen LogP contribution in [0.3, 0.4) is 0 Å². The van der Waals surface area contributed by atoms with Gasteiger partial charge in [-0.2, -0.15) is 0 Å². The van der Waals surface area contributed by atoms with E-state index in [0.717, 1.165) is 19.3 Å². The van der Waals surface area contributed by atoms with Gasteiger partial charge in [0.05, 0.1) is 17.6 Å². The lowest BCUT2D eigenvalue weighted by molar-refractivity contribution is -0.144. The average Bonchev–Trinajstić information content (AvgIpc) is 3.57. The zero-order valence-corrected chi connectivity index (χ0v) is 19.1. The molecule has 1 aliphatic carbocycles. The SMILES string of the molecule is CCCC[C@@H]1NC[C@H](C(=O)C2(N3C[C@H](C(N)=O)NC(=O)[C@H]3CCCN=C(N)N)CC2)NC1=O. The van der Waals surface area contributed by atoms with Crippen LogP contribution >= 0.6 is 0 Å². The number of nitrogens with one attached hydrogen (secondary N) is 3. The van der Waals surface area contributed by atoms with Crippen LogP contribution in [-0.2, 0) is 19.2 Å². The molecule has 3 fully saturated rings. The summed E-state index contributed by atoms with van der Waals surface area (Å²) in [6, 6.07) is -2.48. The molecule has 0 aromatic rings. The molecule has 3 rings (SSSR count). The Bertz CT molecular complexity index is 808. The highest BCUT2D eigenvalue weighted by Gasteiger charge is 2.60. The number of piperazine rings is 2. The van der Waals surface area contributed by atoms with E-state index >= 15 is 0 Å². The summed E-state index contributed by atoms with van der Waals surface area (Å²) in [4.78, 5) is 56.6. The van der Waals surface area contributed by atoms with Gasteiger partial charge in [-0.1, -0.05) is 19.8 Å². The summed E-state index contributed by atoms with van der Waals surface area (Å²) in [6.45, 7) is 2.90. The number of guanidine groups is 1. The third kappa shape index (κ3) is 5.61. The standard InChI is InChI=1S/C21H36N8O4/c1-2-3-5-12-18(32)27-13(10-26-12)16(30)21(7-8-21)29-11-14(17(22)31)28-19(33)15(29)6-4-9-25-20(23)24/h12-15,26H,2-11H2,1H3,(H2,22,31)(H,27,32)(H,28,33)(H4,23,24,25)/t12-,13+,14+,15+/m0/s1. The molecule has 0 unspecified atom stereocenters. The van der Waals surface area contributed by atoms with Crippen LogP contribution in [0.2, 0.25) is 0 Å². The topological polar surface area (TPSA) is 198 Å². The lowest BCUT2D eigenvalue weighted by Gasteiger charge is -2.44. The molecule has 2 aliphatic heterocycles. The van der Waals surface area contributed by atoms with E-state index in [9.17, 15) is 19.2 Å². The molecule has 2 heterocycles. The van der Waals surface area contributed by atoms with E-state index in [2.05, 4.69) is 27.9 Å². The summed E-state index contributed by atoms with van der Waals surface area (Å²) in [5.41, 5.74) is 15.3. The van der Waals surface area contributed by atoms with Crippen LogP contribution in [0.1, 0.15) is 51.9 Å². The first-order chi connectivity index (χ1) is 15.7. The van der Waals surface area contributed by atoms with Crippen molar-refractivity contribution in [1.82, 2.24) is 20.9 Å². The van der Waals surface area contributed by atoms with Crippen molar-refractivity contribution >= 4 is 29.5 Å². The molecule has 1 saturated carbocycles. The van der Waals surface area contributed by atoms with Gasteiger partial charge in [-0.25, -0.2) is 0 Å². The molecule has 0 radical (unpaired) electrons. The highest BCUT2D eigenvalue weighted by atomic mass is 16.2. The first-order valence-electron chi connectivity index (χ1n) is 11.7. The van der Waals surface area contributed by atoms with Crippen LogP contribution < -0.4 is 33.2 Å². The second-order valence-corrected chi connectivity index (χ2v) is 9.14. The number of aliphatic imine (C=N–C) groups is 1. The summed E-state index contributed by atoms with van der Waals surface area (Å²) < 4.78 is 0. The molecule has 0 bridgehead atoms. The number of amides is 3. The molecule has 12 nitrogen and oxygen atoms in total. The van der Waals surface area contributed by atoms with Gasteiger partial charge < -0.3 is 33.2 Å². The third-order valence-electron chi connectivity index (χ3n) is 6.74. The second kappa shape index (κ2) is 10.5. The molecule has 33 heavy (non-hydrogen) atoms. The van der Waals surface area contributed by atoms with Crippen molar-refractivity contribution in [1.29, 1.82) is 0 Å². The number of primary amides is 1. The van der Waals surface area contributed by atoms with Gasteiger partial charge in [-0.3, -0.25) is 29.1 Å². The summed E-state index contributed by atoms with van der Waals surface area (Å²) >= 11 is 0. The molecule has 3 aliphatic rings. The minimum atomic E-state index is -0.901. The van der Waals surface area contributed by atoms with Crippen molar-refractivity contribution in [2.45, 2.75) is 81.6 Å². The third-order valence-corrected chi connectivity index (χ3v) is 6.74. The van der Waals surface area contributed by atoms with Crippen LogP contribution in [0.4, 0.5) is 0 Å². The predicted molar refractivity (Wildman–Crippen MR) is 122 cm³/mol. The summed E-state index contributed by atoms with van der Waals surface area (Å²) in [6.07, 6.45) is 4.68. The minimum Gasteiger partial charge on any atom is -0.370 e. The maximum Gasteiger partial charge on any atom is 0.241 e. The highest BCUT2D eigenvalue weighted by molar-refractivity contribution is 6.00. The lowest BCUT2D eigenvalue weighted by atomic mass is 9.92. The van der Waals surface area contributed by atoms with Crippen LogP contribution in [0.5, 0.6) is 0 Å². The largest absolute Gasteiger partial charge is 0.370 e. The number of Topliss-reactive ketones (excluding diaryl/α,β-unsaturated/α-hetero) is 1. The fourth-order valence-electron chi connectivity index (χ4n) is 4.79. The van der Waals surface area contributed by atoms with Gasteiger partial charge in [0, 0.05) is 19.6 Å². The van der Waals surface area contributed by atoms with Gasteiger partial charge >= 0.3 is 0 Å². The number of carbonyl (C=O) groups excluding carboxylic acids is 4. The van der Waals surface area contributed by atoms with Gasteiger partial charge in [0.1, 0.15) is 12.1 Å². The zero-order valence-electron chi connectivity index (χ0n) is 19.1. The normalized spacial score (nSPS) is 29.0. The smallest absolute Gasteiger partial charge is 0.241 e. The molecule has 9 N–H and O–H groups in total. The molecule has 4 atom stereocenters. The van der Waals surface area contributed by atoms with E-state index in [1.54, 1.807) is 0 Å². The molecular weight excluding hydrogens is 428 g/mol. The molecule has 3 amide bonds. The molecule has 0 aromatic carbocycles. The summed E-state index contributed by atoms with van der Waals surface area (Å²) in [7, 11) is 0. The first kappa shape index (κ1) is 24.9. The quantitative estimate of drug-likeness (QED) is 0.109. The molecule has 184 valence electrons. The van der Waals surface area contributed by atoms with Crippen molar-refractivity contribution in [3.63, 3.8) is 0 Å². The zero-order chi connectivity index (χ0) is 24.2. The number of unbranched alkanes of at least 4 members (excludes halogenated alkanes) is 1. The maximum atomic E-state index is 13.6. The molecule has 0 aromatic heterocycles. The Kier molecular flexibility index (Phi) is 7.90. The number of hydrogen-bond acceptors (Lipinski definition) is 7. The molecule has 0 spiro atoms. The summed E-state index contributed by atoms with van der Waals surface area (Å²) in [5, 5.41) is 8.73. The van der Waals surface area contributed by atoms with Crippen molar-refractivity contribution < 1.29 is 19.2 Å². The number of ketones is 1. The molecular formula is C21H36N8O4. The highest BCUT2D eigenvalue weighted by Crippen LogP contribution is 2.46. The average molecular weight is 465 g/mol. The maximum absolute atomic E-state index is 13.6. The Hall–Kier alpha value is -2.73. The van der Waals surface area contributed by atoms with Crippen molar-refractivity contribution in [2.75, 3.05) is 19.6 Å². The van der Waals surface area contributed by atoms with Crippen molar-refractivity contribution in [2.24, 2.45) is 22.2 Å². The monoisotopic (exact) mass is 464 g/mol. The van der Waals surface area contributed by atoms with Gasteiger partial charge in [0.15, 0.2) is 11.7 Å². The Balaban J connectivity index is 1.74. The summed E-state index contributed by atoms with van der Waals surface area (Å²) in [5.74, 6) is -1.34. The van der Waals surface area contributed by atoms with Gasteiger partial charge in [0.2, 0.25) is 17.7 Å². The van der Waals surface area contributed by atoms with E-state index in [1.807, 2.05) is 4.90 Å². The minimum absolute atomic E-state index is 0.0274. The number of rotatable bonds is 11. The lowest BCUT2D eigenvalue weighted by Crippen LogP contribution is -2.70. The number of carbonyl (C=O) groups is 4. The van der Waals surface area contributed by atoms with Gasteiger partial charge in [0.25, 0.3) is 0 Å². The number of nitrogens with zero attached hydrogens (tertiary/aromatic N) is 2. The second-order valence-electron chi connectivity index (χ2n) is 9.14. The van der Waals surface area contributed by atoms with Crippen LogP contribution in [-0.4, -0.2) is 83.7 Å². The van der Waals surface area contributed by atoms with Crippen LogP contribution in [0.25, 0.3) is 0 Å². The van der Waals surface area contributed by atoms with E-state index in [1.165, 1.54) is 0 Å². The van der Waals surface area contributed by atoms with Gasteiger partial charge in [-0.05, 0) is 32.1 Å². The van der Waals surface area contributed by atoms with Gasteiger partial charge in [-0.15, -0.1) is 0 Å². The molecule has 2 saturated heterocycles. The van der Waals surface area contributed by atoms with E-state index in [4.69, 9.17) is 17.2 Å². The Morgan fingerprint density at radius 2 is 1.76 bits per heavy atom. The Morgan fingerprint density at radius 3 is 2.33 bits per heavy atom. The predicted octanol–water partition coefficient (Wildman–Crippen LogP) is -2.56. The number of nitrogens with two attached hydrogens (primary N) is 3. The van der Waals surface area contributed by atoms with Crippen molar-refractivity contribution in [3.8, 4) is 0 Å². The van der Waals surface area contributed by atoms with E-state index < -0.39 is 29.6 Å². The first-order valence-corrected chi connectivity index (χ1v) is 11.7. The fraction of sp³-hybridized carbons (Fsp3) is 0.762. The number of hydrogen-bond donors (Lipinski definition) is 6. The van der Waals surface area contributed by atoms with E-state index in [0.29, 0.717) is 38.8 Å².